The highest BCUT2D eigenvalue weighted by molar-refractivity contribution is 5.89. The van der Waals surface area contributed by atoms with Gasteiger partial charge in [-0.1, -0.05) is 36.4 Å². The van der Waals surface area contributed by atoms with Crippen LogP contribution in [0.1, 0.15) is 15.9 Å². The number of aromatic nitrogens is 1. The third kappa shape index (κ3) is 2.69. The summed E-state index contributed by atoms with van der Waals surface area (Å²) in [4.78, 5) is 15.5. The van der Waals surface area contributed by atoms with Crippen molar-refractivity contribution in [3.63, 3.8) is 0 Å². The Kier molecular flexibility index (Phi) is 3.51. The van der Waals surface area contributed by atoms with Crippen molar-refractivity contribution >= 4 is 16.9 Å². The molecule has 0 unspecified atom stereocenters. The molecule has 2 aromatic carbocycles. The number of nitrogens with zero attached hydrogens (tertiary/aromatic N) is 1. The third-order valence-corrected chi connectivity index (χ3v) is 3.23. The molecule has 0 saturated heterocycles. The van der Waals surface area contributed by atoms with Gasteiger partial charge in [-0.05, 0) is 18.2 Å². The minimum absolute atomic E-state index is 0.193. The van der Waals surface area contributed by atoms with Gasteiger partial charge in [0, 0.05) is 17.1 Å². The van der Waals surface area contributed by atoms with E-state index >= 15 is 0 Å². The number of carboxylic acids is 1. The van der Waals surface area contributed by atoms with Crippen molar-refractivity contribution in [1.29, 1.82) is 0 Å². The summed E-state index contributed by atoms with van der Waals surface area (Å²) in [5.74, 6) is -0.307. The molecule has 4 heteroatoms. The van der Waals surface area contributed by atoms with E-state index in [9.17, 15) is 4.79 Å². The number of ether oxygens (including phenoxy) is 1. The first-order valence-corrected chi connectivity index (χ1v) is 6.53. The van der Waals surface area contributed by atoms with Crippen molar-refractivity contribution in [3.05, 3.63) is 71.9 Å². The van der Waals surface area contributed by atoms with Gasteiger partial charge in [-0.25, -0.2) is 4.79 Å². The second kappa shape index (κ2) is 5.63. The topological polar surface area (TPSA) is 59.4 Å². The predicted octanol–water partition coefficient (Wildman–Crippen LogP) is 3.51. The lowest BCUT2D eigenvalue weighted by Gasteiger charge is -2.10. The van der Waals surface area contributed by atoms with Crippen LogP contribution in [0, 0.1) is 0 Å². The Morgan fingerprint density at radius 3 is 2.71 bits per heavy atom. The van der Waals surface area contributed by atoms with Crippen LogP contribution in [0.2, 0.25) is 0 Å². The number of carbonyl (C=O) groups is 1. The van der Waals surface area contributed by atoms with Crippen molar-refractivity contribution < 1.29 is 14.6 Å². The number of carboxylic acid groups (broad SMARTS) is 1. The van der Waals surface area contributed by atoms with Crippen LogP contribution in [-0.2, 0) is 6.61 Å². The second-order valence-corrected chi connectivity index (χ2v) is 4.58. The van der Waals surface area contributed by atoms with E-state index in [2.05, 4.69) is 4.98 Å². The maximum atomic E-state index is 11.2. The van der Waals surface area contributed by atoms with Gasteiger partial charge >= 0.3 is 5.97 Å². The molecule has 4 nitrogen and oxygen atoms in total. The first kappa shape index (κ1) is 13.1. The molecule has 0 saturated carbocycles. The molecule has 104 valence electrons. The van der Waals surface area contributed by atoms with Gasteiger partial charge in [0.1, 0.15) is 17.9 Å². The number of benzene rings is 2. The van der Waals surface area contributed by atoms with Crippen LogP contribution < -0.4 is 4.74 Å². The predicted molar refractivity (Wildman–Crippen MR) is 79.5 cm³/mol. The van der Waals surface area contributed by atoms with Crippen molar-refractivity contribution in [1.82, 2.24) is 4.98 Å². The molecular formula is C17H13NO3. The van der Waals surface area contributed by atoms with E-state index in [0.717, 1.165) is 10.9 Å². The van der Waals surface area contributed by atoms with Gasteiger partial charge in [-0.3, -0.25) is 4.98 Å². The maximum Gasteiger partial charge on any atom is 0.336 e. The van der Waals surface area contributed by atoms with Crippen LogP contribution in [0.3, 0.4) is 0 Å². The number of rotatable bonds is 4. The molecule has 0 amide bonds. The molecule has 0 atom stereocenters. The van der Waals surface area contributed by atoms with Crippen LogP contribution in [-0.4, -0.2) is 16.1 Å². The van der Waals surface area contributed by atoms with Crippen LogP contribution in [0.4, 0.5) is 0 Å². The number of hydrogen-bond donors (Lipinski definition) is 1. The Labute approximate surface area is 121 Å². The summed E-state index contributed by atoms with van der Waals surface area (Å²) in [6.45, 7) is 0.193. The zero-order valence-corrected chi connectivity index (χ0v) is 11.2. The maximum absolute atomic E-state index is 11.2. The quantitative estimate of drug-likeness (QED) is 0.794. The highest BCUT2D eigenvalue weighted by Gasteiger charge is 2.10. The molecule has 3 aromatic rings. The summed E-state index contributed by atoms with van der Waals surface area (Å²) in [7, 11) is 0. The summed E-state index contributed by atoms with van der Waals surface area (Å²) in [6, 6.07) is 16.3. The average molecular weight is 279 g/mol. The van der Waals surface area contributed by atoms with Gasteiger partial charge in [0.05, 0.1) is 5.56 Å². The summed E-state index contributed by atoms with van der Waals surface area (Å²) < 4.78 is 5.77. The van der Waals surface area contributed by atoms with Gasteiger partial charge in [0.15, 0.2) is 0 Å². The van der Waals surface area contributed by atoms with E-state index in [-0.39, 0.29) is 12.2 Å². The third-order valence-electron chi connectivity index (χ3n) is 3.23. The van der Waals surface area contributed by atoms with E-state index < -0.39 is 5.97 Å². The molecule has 1 aromatic heterocycles. The van der Waals surface area contributed by atoms with Crippen LogP contribution in [0.15, 0.2) is 60.8 Å². The molecule has 3 rings (SSSR count). The largest absolute Gasteiger partial charge is 0.487 e. The fourth-order valence-corrected chi connectivity index (χ4v) is 2.20. The Morgan fingerprint density at radius 1 is 1.05 bits per heavy atom. The number of para-hydroxylation sites is 1. The van der Waals surface area contributed by atoms with Gasteiger partial charge < -0.3 is 9.84 Å². The summed E-state index contributed by atoms with van der Waals surface area (Å²) in [6.07, 6.45) is 1.71. The van der Waals surface area contributed by atoms with Crippen LogP contribution in [0.25, 0.3) is 10.9 Å². The Morgan fingerprint density at radius 2 is 1.86 bits per heavy atom. The fourth-order valence-electron chi connectivity index (χ4n) is 2.20. The molecular weight excluding hydrogens is 266 g/mol. The Hall–Kier alpha value is -2.88. The van der Waals surface area contributed by atoms with Gasteiger partial charge in [0.2, 0.25) is 0 Å². The SMILES string of the molecule is O=C(O)c1ccccc1COc1cccc2cccnc12. The van der Waals surface area contributed by atoms with E-state index in [0.29, 0.717) is 11.3 Å². The summed E-state index contributed by atoms with van der Waals surface area (Å²) >= 11 is 0. The lowest BCUT2D eigenvalue weighted by molar-refractivity contribution is 0.0694. The van der Waals surface area contributed by atoms with E-state index in [1.54, 1.807) is 30.5 Å². The van der Waals surface area contributed by atoms with Crippen molar-refractivity contribution in [2.24, 2.45) is 0 Å². The van der Waals surface area contributed by atoms with Crippen LogP contribution >= 0.6 is 0 Å². The number of fused-ring (bicyclic) bond motifs is 1. The average Bonchev–Trinajstić information content (AvgIpc) is 2.53. The molecule has 0 aliphatic rings. The standard InChI is InChI=1S/C17H13NO3/c19-17(20)14-8-2-1-5-13(14)11-21-15-9-3-6-12-7-4-10-18-16(12)15/h1-10H,11H2,(H,19,20). The zero-order chi connectivity index (χ0) is 14.7. The fraction of sp³-hybridized carbons (Fsp3) is 0.0588. The molecule has 0 aliphatic heterocycles. The lowest BCUT2D eigenvalue weighted by Crippen LogP contribution is -2.05. The molecule has 0 aliphatic carbocycles. The highest BCUT2D eigenvalue weighted by Crippen LogP contribution is 2.24. The zero-order valence-electron chi connectivity index (χ0n) is 11.2. The molecule has 0 spiro atoms. The Bertz CT molecular complexity index is 793. The normalized spacial score (nSPS) is 10.5. The molecule has 21 heavy (non-hydrogen) atoms. The minimum atomic E-state index is -0.953. The number of aromatic carboxylic acids is 1. The van der Waals surface area contributed by atoms with E-state index in [1.165, 1.54) is 0 Å². The lowest BCUT2D eigenvalue weighted by atomic mass is 10.1. The molecule has 0 bridgehead atoms. The smallest absolute Gasteiger partial charge is 0.336 e. The van der Waals surface area contributed by atoms with E-state index in [4.69, 9.17) is 9.84 Å². The van der Waals surface area contributed by atoms with E-state index in [1.807, 2.05) is 30.3 Å². The van der Waals surface area contributed by atoms with Crippen molar-refractivity contribution in [3.8, 4) is 5.75 Å². The van der Waals surface area contributed by atoms with Gasteiger partial charge in [-0.15, -0.1) is 0 Å². The van der Waals surface area contributed by atoms with Gasteiger partial charge in [-0.2, -0.15) is 0 Å². The first-order chi connectivity index (χ1) is 10.3. The number of hydrogen-bond acceptors (Lipinski definition) is 3. The highest BCUT2D eigenvalue weighted by atomic mass is 16.5. The van der Waals surface area contributed by atoms with Crippen molar-refractivity contribution in [2.45, 2.75) is 6.61 Å². The summed E-state index contributed by atoms with van der Waals surface area (Å²) in [5.41, 5.74) is 1.66. The minimum Gasteiger partial charge on any atom is -0.487 e. The van der Waals surface area contributed by atoms with Crippen molar-refractivity contribution in [2.75, 3.05) is 0 Å². The molecule has 0 radical (unpaired) electrons. The first-order valence-electron chi connectivity index (χ1n) is 6.53. The monoisotopic (exact) mass is 279 g/mol. The van der Waals surface area contributed by atoms with Crippen LogP contribution in [0.5, 0.6) is 5.75 Å². The van der Waals surface area contributed by atoms with Gasteiger partial charge in [0.25, 0.3) is 0 Å². The molecule has 1 heterocycles. The summed E-state index contributed by atoms with van der Waals surface area (Å²) in [5, 5.41) is 10.2. The molecule has 0 fully saturated rings. The molecule has 1 N–H and O–H groups in total. The number of pyridine rings is 1. The Balaban J connectivity index is 1.89. The second-order valence-electron chi connectivity index (χ2n) is 4.58.